The van der Waals surface area contributed by atoms with Crippen LogP contribution in [-0.2, 0) is 16.1 Å². The molecule has 1 aliphatic carbocycles. The summed E-state index contributed by atoms with van der Waals surface area (Å²) in [6, 6.07) is 0.579. The molecule has 1 aromatic heterocycles. The molecule has 0 bridgehead atoms. The van der Waals surface area contributed by atoms with Gasteiger partial charge >= 0.3 is 0 Å². The summed E-state index contributed by atoms with van der Waals surface area (Å²) in [6.45, 7) is 4.22. The highest BCUT2D eigenvalue weighted by Crippen LogP contribution is 2.37. The molecule has 8 heteroatoms. The van der Waals surface area contributed by atoms with Gasteiger partial charge in [0.05, 0.1) is 18.8 Å². The van der Waals surface area contributed by atoms with Crippen LogP contribution >= 0.6 is 0 Å². The third-order valence-electron chi connectivity index (χ3n) is 4.34. The average Bonchev–Trinajstić information content (AvgIpc) is 2.91. The molecule has 23 heavy (non-hydrogen) atoms. The van der Waals surface area contributed by atoms with E-state index in [2.05, 4.69) is 10.4 Å². The van der Waals surface area contributed by atoms with Crippen molar-refractivity contribution in [1.82, 2.24) is 20.0 Å². The normalized spacial score (nSPS) is 23.3. The fourth-order valence-corrected chi connectivity index (χ4v) is 3.08. The van der Waals surface area contributed by atoms with Crippen LogP contribution in [-0.4, -0.2) is 45.0 Å². The van der Waals surface area contributed by atoms with Gasteiger partial charge in [-0.2, -0.15) is 5.10 Å². The van der Waals surface area contributed by atoms with E-state index in [1.165, 1.54) is 0 Å². The molecule has 1 fully saturated rings. The Labute approximate surface area is 132 Å². The largest absolute Gasteiger partial charge is 0.351 e. The third-order valence-corrected chi connectivity index (χ3v) is 4.34. The second kappa shape index (κ2) is 5.58. The predicted molar refractivity (Wildman–Crippen MR) is 77.6 cm³/mol. The minimum atomic E-state index is -2.68. The molecular weight excluding hydrogens is 306 g/mol. The van der Waals surface area contributed by atoms with Crippen molar-refractivity contribution in [2.24, 2.45) is 5.92 Å². The molecule has 2 amide bonds. The summed E-state index contributed by atoms with van der Waals surface area (Å²) in [7, 11) is 0. The Morgan fingerprint density at radius 2 is 2.09 bits per heavy atom. The standard InChI is InChI=1S/C15H20F2N4O2/c1-9(2)14(23)20-7-11-3-4-18-21(11)12(8-20)13(22)19-10-5-15(16,17)6-10/h3-4,9-10,12H,5-8H2,1-2H3,(H,19,22)/t12-/m1/s1. The Bertz CT molecular complexity index is 621. The van der Waals surface area contributed by atoms with Gasteiger partial charge < -0.3 is 10.2 Å². The SMILES string of the molecule is CC(C)C(=O)N1Cc2ccnn2[C@@H](C(=O)NC2CC(F)(F)C2)C1. The van der Waals surface area contributed by atoms with Crippen molar-refractivity contribution < 1.29 is 18.4 Å². The summed E-state index contributed by atoms with van der Waals surface area (Å²) in [6.07, 6.45) is 0.925. The highest BCUT2D eigenvalue weighted by atomic mass is 19.3. The lowest BCUT2D eigenvalue weighted by molar-refractivity contribution is -0.139. The zero-order chi connectivity index (χ0) is 16.8. The van der Waals surface area contributed by atoms with Gasteiger partial charge in [0.25, 0.3) is 5.92 Å². The molecule has 1 atom stereocenters. The first-order chi connectivity index (χ1) is 10.8. The minimum Gasteiger partial charge on any atom is -0.351 e. The molecule has 0 radical (unpaired) electrons. The molecular formula is C15H20F2N4O2. The monoisotopic (exact) mass is 326 g/mol. The Kier molecular flexibility index (Phi) is 3.85. The molecule has 6 nitrogen and oxygen atoms in total. The van der Waals surface area contributed by atoms with E-state index in [4.69, 9.17) is 0 Å². The van der Waals surface area contributed by atoms with Crippen LogP contribution in [0.25, 0.3) is 0 Å². The van der Waals surface area contributed by atoms with E-state index < -0.39 is 18.0 Å². The van der Waals surface area contributed by atoms with E-state index in [9.17, 15) is 18.4 Å². The van der Waals surface area contributed by atoms with Gasteiger partial charge in [-0.05, 0) is 6.07 Å². The van der Waals surface area contributed by atoms with Gasteiger partial charge in [0.1, 0.15) is 6.04 Å². The van der Waals surface area contributed by atoms with Gasteiger partial charge in [-0.15, -0.1) is 0 Å². The van der Waals surface area contributed by atoms with Gasteiger partial charge in [0.15, 0.2) is 0 Å². The maximum absolute atomic E-state index is 12.9. The number of hydrogen-bond donors (Lipinski definition) is 1. The Morgan fingerprint density at radius 3 is 2.70 bits per heavy atom. The molecule has 0 unspecified atom stereocenters. The van der Waals surface area contributed by atoms with E-state index in [1.54, 1.807) is 35.7 Å². The van der Waals surface area contributed by atoms with E-state index in [0.717, 1.165) is 5.69 Å². The number of nitrogens with one attached hydrogen (secondary N) is 1. The molecule has 0 saturated heterocycles. The Balaban J connectivity index is 1.73. The van der Waals surface area contributed by atoms with Crippen LogP contribution in [0.15, 0.2) is 12.3 Å². The van der Waals surface area contributed by atoms with Crippen LogP contribution < -0.4 is 5.32 Å². The highest BCUT2D eigenvalue weighted by molar-refractivity contribution is 5.83. The summed E-state index contributed by atoms with van der Waals surface area (Å²) < 4.78 is 27.4. The number of carbonyl (C=O) groups is 2. The van der Waals surface area contributed by atoms with E-state index in [0.29, 0.717) is 6.54 Å². The predicted octanol–water partition coefficient (Wildman–Crippen LogP) is 1.34. The van der Waals surface area contributed by atoms with Gasteiger partial charge in [-0.3, -0.25) is 14.3 Å². The van der Waals surface area contributed by atoms with Crippen molar-refractivity contribution in [3.05, 3.63) is 18.0 Å². The number of amides is 2. The zero-order valence-electron chi connectivity index (χ0n) is 13.1. The summed E-state index contributed by atoms with van der Waals surface area (Å²) in [5, 5.41) is 6.79. The molecule has 1 aromatic rings. The van der Waals surface area contributed by atoms with E-state index in [-0.39, 0.29) is 37.1 Å². The Hall–Kier alpha value is -1.99. The second-order valence-corrected chi connectivity index (χ2v) is 6.63. The Morgan fingerprint density at radius 1 is 1.39 bits per heavy atom. The van der Waals surface area contributed by atoms with Crippen molar-refractivity contribution in [3.63, 3.8) is 0 Å². The summed E-state index contributed by atoms with van der Waals surface area (Å²) >= 11 is 0. The number of fused-ring (bicyclic) bond motifs is 1. The number of aromatic nitrogens is 2. The van der Waals surface area contributed by atoms with Crippen molar-refractivity contribution >= 4 is 11.8 Å². The number of hydrogen-bond acceptors (Lipinski definition) is 3. The number of halogens is 2. The number of rotatable bonds is 3. The molecule has 0 spiro atoms. The van der Waals surface area contributed by atoms with Crippen LogP contribution in [0.5, 0.6) is 0 Å². The summed E-state index contributed by atoms with van der Waals surface area (Å²) in [4.78, 5) is 26.3. The number of carbonyl (C=O) groups excluding carboxylic acids is 2. The number of alkyl halides is 2. The second-order valence-electron chi connectivity index (χ2n) is 6.63. The molecule has 1 N–H and O–H groups in total. The fraction of sp³-hybridized carbons (Fsp3) is 0.667. The topological polar surface area (TPSA) is 67.2 Å². The van der Waals surface area contributed by atoms with Crippen molar-refractivity contribution in [1.29, 1.82) is 0 Å². The van der Waals surface area contributed by atoms with Crippen molar-refractivity contribution in [3.8, 4) is 0 Å². The average molecular weight is 326 g/mol. The van der Waals surface area contributed by atoms with Gasteiger partial charge in [0, 0.05) is 31.0 Å². The van der Waals surface area contributed by atoms with Gasteiger partial charge in [0.2, 0.25) is 11.8 Å². The number of nitrogens with zero attached hydrogens (tertiary/aromatic N) is 3. The van der Waals surface area contributed by atoms with Crippen LogP contribution in [0.3, 0.4) is 0 Å². The zero-order valence-corrected chi connectivity index (χ0v) is 13.1. The molecule has 126 valence electrons. The lowest BCUT2D eigenvalue weighted by atomic mass is 9.88. The lowest BCUT2D eigenvalue weighted by Crippen LogP contribution is -2.54. The molecule has 1 aliphatic heterocycles. The minimum absolute atomic E-state index is 0.0366. The first-order valence-corrected chi connectivity index (χ1v) is 7.76. The quantitative estimate of drug-likeness (QED) is 0.911. The molecule has 2 aliphatic rings. The molecule has 2 heterocycles. The van der Waals surface area contributed by atoms with Crippen LogP contribution in [0.2, 0.25) is 0 Å². The third kappa shape index (κ3) is 3.07. The molecule has 0 aromatic carbocycles. The van der Waals surface area contributed by atoms with Crippen LogP contribution in [0.4, 0.5) is 8.78 Å². The van der Waals surface area contributed by atoms with Crippen molar-refractivity contribution in [2.45, 2.75) is 51.2 Å². The summed E-state index contributed by atoms with van der Waals surface area (Å²) in [5.74, 6) is -3.25. The fourth-order valence-electron chi connectivity index (χ4n) is 3.08. The first-order valence-electron chi connectivity index (χ1n) is 7.76. The van der Waals surface area contributed by atoms with E-state index in [1.807, 2.05) is 0 Å². The smallest absolute Gasteiger partial charge is 0.252 e. The van der Waals surface area contributed by atoms with Crippen LogP contribution in [0, 0.1) is 5.92 Å². The molecule has 1 saturated carbocycles. The maximum atomic E-state index is 12.9. The van der Waals surface area contributed by atoms with Gasteiger partial charge in [-0.1, -0.05) is 13.8 Å². The summed E-state index contributed by atoms with van der Waals surface area (Å²) in [5.41, 5.74) is 0.768. The maximum Gasteiger partial charge on any atom is 0.252 e. The highest BCUT2D eigenvalue weighted by Gasteiger charge is 2.47. The first kappa shape index (κ1) is 15.9. The van der Waals surface area contributed by atoms with Crippen molar-refractivity contribution in [2.75, 3.05) is 6.54 Å². The lowest BCUT2D eigenvalue weighted by Gasteiger charge is -2.38. The molecule has 3 rings (SSSR count). The van der Waals surface area contributed by atoms with E-state index >= 15 is 0 Å². The van der Waals surface area contributed by atoms with Crippen LogP contribution in [0.1, 0.15) is 38.4 Å². The van der Waals surface area contributed by atoms with Gasteiger partial charge in [-0.25, -0.2) is 8.78 Å².